The Morgan fingerprint density at radius 3 is 2.44 bits per heavy atom. The molecule has 0 radical (unpaired) electrons. The molecule has 1 heterocycles. The predicted octanol–water partition coefficient (Wildman–Crippen LogP) is 2.92. The van der Waals surface area contributed by atoms with Crippen LogP contribution in [-0.2, 0) is 14.1 Å². The summed E-state index contributed by atoms with van der Waals surface area (Å²) in [5.41, 5.74) is 0.783. The Morgan fingerprint density at radius 2 is 1.88 bits per heavy atom. The number of azo groups is 1. The number of hydrogen-bond donors (Lipinski definition) is 0. The molecule has 0 N–H and O–H groups in total. The molecule has 0 amide bonds. The van der Waals surface area contributed by atoms with E-state index in [4.69, 9.17) is 11.6 Å². The van der Waals surface area contributed by atoms with E-state index in [1.54, 1.807) is 12.1 Å². The van der Waals surface area contributed by atoms with Gasteiger partial charge in [-0.3, -0.25) is 0 Å². The van der Waals surface area contributed by atoms with Gasteiger partial charge in [-0.1, -0.05) is 16.7 Å². The average Bonchev–Trinajstić information content (AvgIpc) is 2.59. The fraction of sp³-hybridized carbons (Fsp3) is 0.182. The summed E-state index contributed by atoms with van der Waals surface area (Å²) in [4.78, 5) is 0. The van der Waals surface area contributed by atoms with Crippen molar-refractivity contribution in [3.05, 3.63) is 41.7 Å². The Labute approximate surface area is 98.8 Å². The Morgan fingerprint density at radius 1 is 1.19 bits per heavy atom. The van der Waals surface area contributed by atoms with Crippen molar-refractivity contribution in [2.75, 3.05) is 0 Å². The molecule has 5 heteroatoms. The van der Waals surface area contributed by atoms with Gasteiger partial charge in [0, 0.05) is 10.1 Å². The van der Waals surface area contributed by atoms with Gasteiger partial charge in [0.25, 0.3) is 0 Å². The van der Waals surface area contributed by atoms with E-state index in [1.165, 1.54) is 0 Å². The molecule has 0 fully saturated rings. The molecule has 0 saturated heterocycles. The van der Waals surface area contributed by atoms with E-state index in [0.717, 1.165) is 11.6 Å². The van der Waals surface area contributed by atoms with E-state index in [2.05, 4.69) is 10.2 Å². The smallest absolute Gasteiger partial charge is 0.233 e. The molecule has 0 aliphatic heterocycles. The minimum atomic E-state index is 0.698. The van der Waals surface area contributed by atoms with Gasteiger partial charge >= 0.3 is 5.95 Å². The normalized spacial score (nSPS) is 11.2. The van der Waals surface area contributed by atoms with Crippen LogP contribution in [0.3, 0.4) is 0 Å². The zero-order chi connectivity index (χ0) is 11.5. The van der Waals surface area contributed by atoms with Gasteiger partial charge in [0.1, 0.15) is 5.69 Å². The third kappa shape index (κ3) is 2.28. The molecule has 2 rings (SSSR count). The third-order valence-corrected chi connectivity index (χ3v) is 2.48. The number of benzene rings is 1. The maximum Gasteiger partial charge on any atom is 0.421 e. The molecule has 0 atom stereocenters. The summed E-state index contributed by atoms with van der Waals surface area (Å²) in [6.07, 6.45) is 3.85. The van der Waals surface area contributed by atoms with E-state index in [-0.39, 0.29) is 0 Å². The first kappa shape index (κ1) is 10.8. The van der Waals surface area contributed by atoms with Gasteiger partial charge in [-0.2, -0.15) is 0 Å². The lowest BCUT2D eigenvalue weighted by Crippen LogP contribution is -2.25. The topological polar surface area (TPSA) is 33.5 Å². The number of nitrogens with zero attached hydrogens (tertiary/aromatic N) is 4. The van der Waals surface area contributed by atoms with Gasteiger partial charge in [0.05, 0.1) is 26.5 Å². The highest BCUT2D eigenvalue weighted by atomic mass is 35.5. The van der Waals surface area contributed by atoms with Crippen LogP contribution in [-0.4, -0.2) is 4.57 Å². The van der Waals surface area contributed by atoms with Crippen LogP contribution < -0.4 is 4.57 Å². The minimum absolute atomic E-state index is 0.698. The molecule has 0 bridgehead atoms. The Bertz CT molecular complexity index is 494. The van der Waals surface area contributed by atoms with Crippen molar-refractivity contribution in [2.24, 2.45) is 24.3 Å². The maximum absolute atomic E-state index is 5.78. The zero-order valence-electron chi connectivity index (χ0n) is 9.13. The second-order valence-electron chi connectivity index (χ2n) is 3.50. The highest BCUT2D eigenvalue weighted by molar-refractivity contribution is 6.30. The molecule has 0 saturated carbocycles. The van der Waals surface area contributed by atoms with Crippen molar-refractivity contribution < 1.29 is 4.57 Å². The van der Waals surface area contributed by atoms with Gasteiger partial charge in [-0.05, 0) is 24.3 Å². The molecular formula is C11H12ClN4+. The molecule has 2 aromatic rings. The van der Waals surface area contributed by atoms with Crippen LogP contribution >= 0.6 is 11.6 Å². The first-order chi connectivity index (χ1) is 7.66. The molecule has 1 aromatic carbocycles. The summed E-state index contributed by atoms with van der Waals surface area (Å²) in [7, 11) is 3.85. The largest absolute Gasteiger partial charge is 0.421 e. The molecule has 0 unspecified atom stereocenters. The number of aryl methyl sites for hydroxylation is 2. The Kier molecular flexibility index (Phi) is 3.01. The number of hydrogen-bond acceptors (Lipinski definition) is 2. The van der Waals surface area contributed by atoms with Crippen molar-refractivity contribution in [2.45, 2.75) is 0 Å². The molecule has 16 heavy (non-hydrogen) atoms. The highest BCUT2D eigenvalue weighted by Gasteiger charge is 2.09. The summed E-state index contributed by atoms with van der Waals surface area (Å²) in [5, 5.41) is 9.01. The van der Waals surface area contributed by atoms with E-state index in [9.17, 15) is 0 Å². The van der Waals surface area contributed by atoms with Crippen molar-refractivity contribution in [1.82, 2.24) is 4.57 Å². The van der Waals surface area contributed by atoms with E-state index >= 15 is 0 Å². The lowest BCUT2D eigenvalue weighted by atomic mass is 10.3. The van der Waals surface area contributed by atoms with Crippen LogP contribution in [0.15, 0.2) is 46.9 Å². The van der Waals surface area contributed by atoms with Crippen LogP contribution in [0.1, 0.15) is 0 Å². The Balaban J connectivity index is 2.24. The molecule has 4 nitrogen and oxygen atoms in total. The highest BCUT2D eigenvalue weighted by Crippen LogP contribution is 2.18. The van der Waals surface area contributed by atoms with Crippen LogP contribution in [0.5, 0.6) is 0 Å². The summed E-state index contributed by atoms with van der Waals surface area (Å²) in [5.74, 6) is 0.787. The van der Waals surface area contributed by atoms with Crippen LogP contribution in [0.4, 0.5) is 11.6 Å². The lowest BCUT2D eigenvalue weighted by Gasteiger charge is -1.90. The quantitative estimate of drug-likeness (QED) is 0.567. The summed E-state index contributed by atoms with van der Waals surface area (Å²) >= 11 is 5.78. The number of aromatic nitrogens is 2. The van der Waals surface area contributed by atoms with Gasteiger partial charge in [0.15, 0.2) is 0 Å². The lowest BCUT2D eigenvalue weighted by molar-refractivity contribution is -0.657. The monoisotopic (exact) mass is 235 g/mol. The molecule has 82 valence electrons. The van der Waals surface area contributed by atoms with Gasteiger partial charge in [-0.15, -0.1) is 0 Å². The van der Waals surface area contributed by atoms with E-state index in [0.29, 0.717) is 5.02 Å². The van der Waals surface area contributed by atoms with Crippen molar-refractivity contribution in [3.63, 3.8) is 0 Å². The van der Waals surface area contributed by atoms with Crippen molar-refractivity contribution in [3.8, 4) is 0 Å². The number of rotatable bonds is 2. The van der Waals surface area contributed by atoms with Crippen LogP contribution in [0.25, 0.3) is 0 Å². The molecule has 0 spiro atoms. The van der Waals surface area contributed by atoms with Crippen LogP contribution in [0.2, 0.25) is 5.02 Å². The standard InChI is InChI=1S/C11H12ClN4/c1-15-7-8-16(2)11(15)14-13-10-5-3-9(12)4-6-10/h3-8H,1-2H3/q+1. The fourth-order valence-electron chi connectivity index (χ4n) is 1.33. The minimum Gasteiger partial charge on any atom is -0.233 e. The molecule has 0 aliphatic rings. The number of imidazole rings is 1. The van der Waals surface area contributed by atoms with Gasteiger partial charge < -0.3 is 0 Å². The van der Waals surface area contributed by atoms with Gasteiger partial charge in [0.2, 0.25) is 0 Å². The first-order valence-corrected chi connectivity index (χ1v) is 5.23. The molecule has 1 aromatic heterocycles. The second kappa shape index (κ2) is 4.45. The molecule has 0 aliphatic carbocycles. The van der Waals surface area contributed by atoms with Crippen LogP contribution in [0, 0.1) is 0 Å². The third-order valence-electron chi connectivity index (χ3n) is 2.23. The van der Waals surface area contributed by atoms with E-state index < -0.39 is 0 Å². The first-order valence-electron chi connectivity index (χ1n) is 4.85. The average molecular weight is 236 g/mol. The predicted molar refractivity (Wildman–Crippen MR) is 62.2 cm³/mol. The second-order valence-corrected chi connectivity index (χ2v) is 3.93. The summed E-state index contributed by atoms with van der Waals surface area (Å²) in [6, 6.07) is 7.24. The van der Waals surface area contributed by atoms with Crippen molar-refractivity contribution in [1.29, 1.82) is 0 Å². The maximum atomic E-state index is 5.78. The van der Waals surface area contributed by atoms with Crippen molar-refractivity contribution >= 4 is 23.2 Å². The summed E-state index contributed by atoms with van der Waals surface area (Å²) < 4.78 is 3.80. The fourth-order valence-corrected chi connectivity index (χ4v) is 1.46. The summed E-state index contributed by atoms with van der Waals surface area (Å²) in [6.45, 7) is 0. The SMILES string of the molecule is Cn1cc[n+](C)c1N=Nc1ccc(Cl)cc1. The van der Waals surface area contributed by atoms with E-state index in [1.807, 2.05) is 47.8 Å². The Hall–Kier alpha value is -1.68. The molecular weight excluding hydrogens is 224 g/mol. The van der Waals surface area contributed by atoms with Gasteiger partial charge in [-0.25, -0.2) is 9.13 Å². The zero-order valence-corrected chi connectivity index (χ0v) is 9.89. The number of halogens is 1.